The van der Waals surface area contributed by atoms with E-state index in [-0.39, 0.29) is 23.1 Å². The minimum absolute atomic E-state index is 0.105. The van der Waals surface area contributed by atoms with Crippen molar-refractivity contribution in [1.82, 2.24) is 0 Å². The van der Waals surface area contributed by atoms with Crippen molar-refractivity contribution >= 4 is 23.8 Å². The Bertz CT molecular complexity index is 410. The summed E-state index contributed by atoms with van der Waals surface area (Å²) in [5, 5.41) is 8.38. The number of benzene rings is 1. The maximum Gasteiger partial charge on any atom is 0.446 e. The largest absolute Gasteiger partial charge is 0.481 e. The molecule has 0 saturated heterocycles. The van der Waals surface area contributed by atoms with E-state index in [9.17, 15) is 18.0 Å². The van der Waals surface area contributed by atoms with E-state index in [4.69, 9.17) is 5.11 Å². The van der Waals surface area contributed by atoms with Crippen LogP contribution >= 0.6 is 11.8 Å². The minimum Gasteiger partial charge on any atom is -0.481 e. The molecule has 0 saturated carbocycles. The van der Waals surface area contributed by atoms with Crippen LogP contribution in [0.25, 0.3) is 6.08 Å². The molecule has 0 bridgehead atoms. The van der Waals surface area contributed by atoms with Crippen LogP contribution in [-0.2, 0) is 4.79 Å². The summed E-state index contributed by atoms with van der Waals surface area (Å²) < 4.78 is 36.1. The van der Waals surface area contributed by atoms with Crippen LogP contribution in [0, 0.1) is 0 Å². The summed E-state index contributed by atoms with van der Waals surface area (Å²) in [4.78, 5) is 10.3. The number of hydrogen-bond acceptors (Lipinski definition) is 2. The fourth-order valence-electron chi connectivity index (χ4n) is 1.08. The highest BCUT2D eigenvalue weighted by Crippen LogP contribution is 2.36. The number of carboxylic acids is 1. The Balaban J connectivity index is 2.62. The fraction of sp³-hybridized carbons (Fsp3) is 0.182. The van der Waals surface area contributed by atoms with Crippen LogP contribution in [0.5, 0.6) is 0 Å². The summed E-state index contributed by atoms with van der Waals surface area (Å²) in [5.74, 6) is -0.953. The van der Waals surface area contributed by atoms with E-state index in [2.05, 4.69) is 0 Å². The van der Waals surface area contributed by atoms with E-state index in [1.165, 1.54) is 30.3 Å². The zero-order valence-corrected chi connectivity index (χ0v) is 9.39. The summed E-state index contributed by atoms with van der Waals surface area (Å²) in [5.41, 5.74) is -3.63. The van der Waals surface area contributed by atoms with Crippen molar-refractivity contribution in [2.24, 2.45) is 0 Å². The van der Waals surface area contributed by atoms with Crippen LogP contribution in [0.15, 0.2) is 35.2 Å². The highest BCUT2D eigenvalue weighted by molar-refractivity contribution is 8.00. The number of hydrogen-bond donors (Lipinski definition) is 1. The van der Waals surface area contributed by atoms with Gasteiger partial charge in [0, 0.05) is 4.90 Å². The number of rotatable bonds is 4. The Morgan fingerprint density at radius 3 is 2.35 bits per heavy atom. The summed E-state index contributed by atoms with van der Waals surface area (Å²) in [6.45, 7) is 0. The molecule has 0 heterocycles. The van der Waals surface area contributed by atoms with E-state index in [1.54, 1.807) is 6.08 Å². The highest BCUT2D eigenvalue weighted by atomic mass is 32.2. The van der Waals surface area contributed by atoms with Gasteiger partial charge in [0.25, 0.3) is 0 Å². The number of thioether (sulfide) groups is 1. The molecule has 0 aliphatic heterocycles. The number of aliphatic carboxylic acids is 1. The monoisotopic (exact) mass is 262 g/mol. The molecule has 0 fully saturated rings. The fourth-order valence-corrected chi connectivity index (χ4v) is 1.62. The Morgan fingerprint density at radius 1 is 1.29 bits per heavy atom. The first-order valence-corrected chi connectivity index (χ1v) is 5.42. The standard InChI is InChI=1S/C11H9F3O2S/c12-11(13,14)17-9-6-4-8(5-7-9)2-1-3-10(15)16/h1-2,4-7H,3H2,(H,15,16)/b2-1+. The van der Waals surface area contributed by atoms with Crippen molar-refractivity contribution in [2.45, 2.75) is 16.8 Å². The third-order valence-electron chi connectivity index (χ3n) is 1.72. The number of alkyl halides is 3. The molecule has 0 spiro atoms. The van der Waals surface area contributed by atoms with Gasteiger partial charge in [0.15, 0.2) is 0 Å². The number of carbonyl (C=O) groups is 1. The van der Waals surface area contributed by atoms with Crippen molar-refractivity contribution in [3.05, 3.63) is 35.9 Å². The summed E-state index contributed by atoms with van der Waals surface area (Å²) in [7, 11) is 0. The molecular weight excluding hydrogens is 253 g/mol. The molecular formula is C11H9F3O2S. The van der Waals surface area contributed by atoms with Crippen LogP contribution in [0.4, 0.5) is 13.2 Å². The third kappa shape index (κ3) is 6.01. The SMILES string of the molecule is O=C(O)C/C=C/c1ccc(SC(F)(F)F)cc1. The molecule has 1 rings (SSSR count). The second-order valence-electron chi connectivity index (χ2n) is 3.12. The molecule has 0 atom stereocenters. The lowest BCUT2D eigenvalue weighted by molar-refractivity contribution is -0.135. The van der Waals surface area contributed by atoms with Gasteiger partial charge >= 0.3 is 11.5 Å². The molecule has 0 radical (unpaired) electrons. The van der Waals surface area contributed by atoms with Crippen molar-refractivity contribution < 1.29 is 23.1 Å². The van der Waals surface area contributed by atoms with Crippen molar-refractivity contribution in [2.75, 3.05) is 0 Å². The lowest BCUT2D eigenvalue weighted by Gasteiger charge is -2.05. The Kier molecular flexibility index (Phi) is 4.62. The van der Waals surface area contributed by atoms with Gasteiger partial charge in [-0.25, -0.2) is 0 Å². The second-order valence-corrected chi connectivity index (χ2v) is 4.26. The molecule has 2 nitrogen and oxygen atoms in total. The Morgan fingerprint density at radius 2 is 1.88 bits per heavy atom. The van der Waals surface area contributed by atoms with Crippen LogP contribution < -0.4 is 0 Å². The predicted octanol–water partition coefficient (Wildman–Crippen LogP) is 3.79. The Labute approximate surface area is 100 Å². The minimum atomic E-state index is -4.29. The highest BCUT2D eigenvalue weighted by Gasteiger charge is 2.28. The molecule has 0 aromatic heterocycles. The number of halogens is 3. The van der Waals surface area contributed by atoms with Crippen LogP contribution in [0.2, 0.25) is 0 Å². The first-order valence-electron chi connectivity index (χ1n) is 4.61. The van der Waals surface area contributed by atoms with Crippen molar-refractivity contribution in [3.8, 4) is 0 Å². The van der Waals surface area contributed by atoms with Gasteiger partial charge in [-0.1, -0.05) is 24.3 Å². The molecule has 1 N–H and O–H groups in total. The van der Waals surface area contributed by atoms with E-state index in [0.29, 0.717) is 5.56 Å². The van der Waals surface area contributed by atoms with Gasteiger partial charge in [-0.2, -0.15) is 13.2 Å². The third-order valence-corrected chi connectivity index (χ3v) is 2.46. The first kappa shape index (κ1) is 13.6. The summed E-state index contributed by atoms with van der Waals surface area (Å²) in [6.07, 6.45) is 2.88. The van der Waals surface area contributed by atoms with E-state index < -0.39 is 11.5 Å². The van der Waals surface area contributed by atoms with Gasteiger partial charge in [0.1, 0.15) is 0 Å². The number of carboxylic acid groups (broad SMARTS) is 1. The maximum atomic E-state index is 12.0. The Hall–Kier alpha value is -1.43. The van der Waals surface area contributed by atoms with Crippen molar-refractivity contribution in [1.29, 1.82) is 0 Å². The summed E-state index contributed by atoms with van der Waals surface area (Å²) >= 11 is -0.180. The quantitative estimate of drug-likeness (QED) is 0.839. The zero-order chi connectivity index (χ0) is 12.9. The van der Waals surface area contributed by atoms with Crippen LogP contribution in [0.3, 0.4) is 0 Å². The average molecular weight is 262 g/mol. The van der Waals surface area contributed by atoms with Gasteiger partial charge < -0.3 is 5.11 Å². The molecule has 17 heavy (non-hydrogen) atoms. The van der Waals surface area contributed by atoms with E-state index in [0.717, 1.165) is 0 Å². The predicted molar refractivity (Wildman–Crippen MR) is 59.6 cm³/mol. The molecule has 6 heteroatoms. The molecule has 1 aromatic carbocycles. The van der Waals surface area contributed by atoms with Gasteiger partial charge in [0.2, 0.25) is 0 Å². The molecule has 92 valence electrons. The van der Waals surface area contributed by atoms with E-state index in [1.807, 2.05) is 0 Å². The zero-order valence-electron chi connectivity index (χ0n) is 8.57. The lowest BCUT2D eigenvalue weighted by Crippen LogP contribution is -1.98. The maximum absolute atomic E-state index is 12.0. The smallest absolute Gasteiger partial charge is 0.446 e. The topological polar surface area (TPSA) is 37.3 Å². The van der Waals surface area contributed by atoms with Gasteiger partial charge in [-0.15, -0.1) is 0 Å². The van der Waals surface area contributed by atoms with Crippen LogP contribution in [0.1, 0.15) is 12.0 Å². The van der Waals surface area contributed by atoms with Gasteiger partial charge in [0.05, 0.1) is 6.42 Å². The molecule has 0 unspecified atom stereocenters. The molecule has 1 aromatic rings. The van der Waals surface area contributed by atoms with Crippen molar-refractivity contribution in [3.63, 3.8) is 0 Å². The van der Waals surface area contributed by atoms with Gasteiger partial charge in [-0.05, 0) is 29.5 Å². The summed E-state index contributed by atoms with van der Waals surface area (Å²) in [6, 6.07) is 5.70. The second kappa shape index (κ2) is 5.77. The lowest BCUT2D eigenvalue weighted by atomic mass is 10.2. The first-order chi connectivity index (χ1) is 7.87. The van der Waals surface area contributed by atoms with Gasteiger partial charge in [-0.3, -0.25) is 4.79 Å². The average Bonchev–Trinajstić information content (AvgIpc) is 2.18. The van der Waals surface area contributed by atoms with Crippen LogP contribution in [-0.4, -0.2) is 16.6 Å². The molecule has 0 aliphatic carbocycles. The molecule has 0 amide bonds. The normalized spacial score (nSPS) is 11.9. The van der Waals surface area contributed by atoms with E-state index >= 15 is 0 Å². The molecule has 0 aliphatic rings.